The van der Waals surface area contributed by atoms with Crippen molar-refractivity contribution in [3.8, 4) is 0 Å². The van der Waals surface area contributed by atoms with Gasteiger partial charge in [0.1, 0.15) is 0 Å². The minimum absolute atomic E-state index is 0.319. The fraction of sp³-hybridized carbons (Fsp3) is 0.909. The number of ether oxygens (including phenoxy) is 1. The Balaban J connectivity index is 2.10. The van der Waals surface area contributed by atoms with Gasteiger partial charge in [-0.05, 0) is 44.1 Å². The van der Waals surface area contributed by atoms with Crippen LogP contribution in [0.2, 0.25) is 0 Å². The molecule has 0 aromatic heterocycles. The van der Waals surface area contributed by atoms with Gasteiger partial charge in [-0.3, -0.25) is 0 Å². The Morgan fingerprint density at radius 2 is 2.20 bits per heavy atom. The van der Waals surface area contributed by atoms with Crippen molar-refractivity contribution < 1.29 is 9.53 Å². The van der Waals surface area contributed by atoms with Crippen LogP contribution in [0, 0.1) is 11.8 Å². The van der Waals surface area contributed by atoms with Crippen LogP contribution in [0.3, 0.4) is 0 Å². The molecule has 0 radical (unpaired) electrons. The zero-order valence-electron chi connectivity index (χ0n) is 9.50. The molecular weight excluding hydrogens is 192 g/mol. The Hall–Kier alpha value is -0.770. The van der Waals surface area contributed by atoms with Gasteiger partial charge >= 0.3 is 6.09 Å². The molecule has 1 aliphatic rings. The number of alkyl carbamates (subject to hydrolysis) is 1. The fourth-order valence-corrected chi connectivity index (χ4v) is 2.33. The lowest BCUT2D eigenvalue weighted by molar-refractivity contribution is 0.169. The summed E-state index contributed by atoms with van der Waals surface area (Å²) in [4.78, 5) is 10.9. The van der Waals surface area contributed by atoms with Crippen molar-refractivity contribution in [3.63, 3.8) is 0 Å². The van der Waals surface area contributed by atoms with Gasteiger partial charge in [0.2, 0.25) is 0 Å². The van der Waals surface area contributed by atoms with Crippen LogP contribution in [-0.2, 0) is 4.74 Å². The molecule has 4 nitrogen and oxygen atoms in total. The maximum Gasteiger partial charge on any atom is 0.406 e. The van der Waals surface area contributed by atoms with Crippen LogP contribution < -0.4 is 11.1 Å². The lowest BCUT2D eigenvalue weighted by atomic mass is 10.00. The first kappa shape index (κ1) is 12.3. The average Bonchev–Trinajstić information content (AvgIpc) is 2.71. The molecular formula is C11H22N2O2. The van der Waals surface area contributed by atoms with Crippen molar-refractivity contribution in [1.82, 2.24) is 5.32 Å². The zero-order chi connectivity index (χ0) is 11.1. The molecule has 0 bridgehead atoms. The van der Waals surface area contributed by atoms with Gasteiger partial charge in [0.15, 0.2) is 0 Å². The molecule has 4 heteroatoms. The largest absolute Gasteiger partial charge is 0.453 e. The number of methoxy groups -OCH3 is 1. The molecule has 1 aliphatic carbocycles. The summed E-state index contributed by atoms with van der Waals surface area (Å²) < 4.78 is 4.54. The Labute approximate surface area is 91.5 Å². The van der Waals surface area contributed by atoms with Gasteiger partial charge in [0.25, 0.3) is 0 Å². The first-order valence-electron chi connectivity index (χ1n) is 5.78. The number of amides is 1. The molecule has 1 rings (SSSR count). The summed E-state index contributed by atoms with van der Waals surface area (Å²) in [5, 5.41) is 2.77. The minimum Gasteiger partial charge on any atom is -0.453 e. The van der Waals surface area contributed by atoms with Crippen molar-refractivity contribution in [2.45, 2.75) is 32.1 Å². The Morgan fingerprint density at radius 3 is 2.87 bits per heavy atom. The van der Waals surface area contributed by atoms with E-state index in [9.17, 15) is 4.79 Å². The zero-order valence-corrected chi connectivity index (χ0v) is 9.50. The van der Waals surface area contributed by atoms with Gasteiger partial charge in [0.05, 0.1) is 7.11 Å². The summed E-state index contributed by atoms with van der Waals surface area (Å²) in [6.45, 7) is 1.55. The van der Waals surface area contributed by atoms with Crippen LogP contribution in [0.1, 0.15) is 32.1 Å². The first-order chi connectivity index (χ1) is 7.26. The number of carbonyl (C=O) groups is 1. The Morgan fingerprint density at radius 1 is 1.47 bits per heavy atom. The maximum atomic E-state index is 10.9. The predicted octanol–water partition coefficient (Wildman–Crippen LogP) is 1.50. The van der Waals surface area contributed by atoms with E-state index in [4.69, 9.17) is 5.73 Å². The normalized spacial score (nSPS) is 25.2. The van der Waals surface area contributed by atoms with E-state index in [0.717, 1.165) is 25.4 Å². The fourth-order valence-electron chi connectivity index (χ4n) is 2.33. The van der Waals surface area contributed by atoms with Crippen LogP contribution >= 0.6 is 0 Å². The van der Waals surface area contributed by atoms with E-state index >= 15 is 0 Å². The molecule has 0 saturated heterocycles. The molecule has 0 spiro atoms. The molecule has 3 N–H and O–H groups in total. The molecule has 1 saturated carbocycles. The maximum absolute atomic E-state index is 10.9. The van der Waals surface area contributed by atoms with Gasteiger partial charge in [-0.15, -0.1) is 0 Å². The van der Waals surface area contributed by atoms with Crippen molar-refractivity contribution >= 4 is 6.09 Å². The predicted molar refractivity (Wildman–Crippen MR) is 59.5 cm³/mol. The second-order valence-corrected chi connectivity index (χ2v) is 4.35. The summed E-state index contributed by atoms with van der Waals surface area (Å²) in [5.74, 6) is 1.45. The SMILES string of the molecule is COC(=O)NCC1CCC(CCCN)C1. The second-order valence-electron chi connectivity index (χ2n) is 4.35. The molecule has 2 atom stereocenters. The number of carbonyl (C=O) groups excluding carboxylic acids is 1. The molecule has 1 fully saturated rings. The highest BCUT2D eigenvalue weighted by Gasteiger charge is 2.24. The van der Waals surface area contributed by atoms with E-state index in [2.05, 4.69) is 10.1 Å². The van der Waals surface area contributed by atoms with Crippen LogP contribution in [-0.4, -0.2) is 26.3 Å². The Bertz CT molecular complexity index is 197. The van der Waals surface area contributed by atoms with Crippen molar-refractivity contribution in [2.24, 2.45) is 17.6 Å². The summed E-state index contributed by atoms with van der Waals surface area (Å²) in [6.07, 6.45) is 5.78. The van der Waals surface area contributed by atoms with E-state index in [-0.39, 0.29) is 6.09 Å². The third kappa shape index (κ3) is 4.51. The molecule has 88 valence electrons. The monoisotopic (exact) mass is 214 g/mol. The highest BCUT2D eigenvalue weighted by atomic mass is 16.5. The summed E-state index contributed by atoms with van der Waals surface area (Å²) in [5.41, 5.74) is 5.48. The standard InChI is InChI=1S/C11H22N2O2/c1-15-11(14)13-8-10-5-4-9(7-10)3-2-6-12/h9-10H,2-8,12H2,1H3,(H,13,14). The second kappa shape index (κ2) is 6.67. The van der Waals surface area contributed by atoms with Gasteiger partial charge in [-0.2, -0.15) is 0 Å². The summed E-state index contributed by atoms with van der Waals surface area (Å²) in [6, 6.07) is 0. The van der Waals surface area contributed by atoms with E-state index in [1.54, 1.807) is 0 Å². The van der Waals surface area contributed by atoms with Gasteiger partial charge in [0, 0.05) is 6.54 Å². The third-order valence-corrected chi connectivity index (χ3v) is 3.19. The highest BCUT2D eigenvalue weighted by molar-refractivity contribution is 5.66. The average molecular weight is 214 g/mol. The number of nitrogens with two attached hydrogens (primary N) is 1. The molecule has 0 heterocycles. The number of hydrogen-bond donors (Lipinski definition) is 2. The van der Waals surface area contributed by atoms with Gasteiger partial charge in [-0.25, -0.2) is 4.79 Å². The van der Waals surface area contributed by atoms with Crippen molar-refractivity contribution in [3.05, 3.63) is 0 Å². The summed E-state index contributed by atoms with van der Waals surface area (Å²) in [7, 11) is 1.40. The van der Waals surface area contributed by atoms with Crippen LogP contribution in [0.4, 0.5) is 4.79 Å². The topological polar surface area (TPSA) is 64.3 Å². The highest BCUT2D eigenvalue weighted by Crippen LogP contribution is 2.33. The van der Waals surface area contributed by atoms with Crippen LogP contribution in [0.15, 0.2) is 0 Å². The van der Waals surface area contributed by atoms with Gasteiger partial charge < -0.3 is 15.8 Å². The van der Waals surface area contributed by atoms with E-state index in [0.29, 0.717) is 5.92 Å². The molecule has 0 aromatic rings. The minimum atomic E-state index is -0.319. The van der Waals surface area contributed by atoms with Crippen LogP contribution in [0.25, 0.3) is 0 Å². The molecule has 0 aromatic carbocycles. The lowest BCUT2D eigenvalue weighted by Crippen LogP contribution is -2.28. The number of hydrogen-bond acceptors (Lipinski definition) is 3. The molecule has 15 heavy (non-hydrogen) atoms. The molecule has 2 unspecified atom stereocenters. The quantitative estimate of drug-likeness (QED) is 0.729. The Kier molecular flexibility index (Phi) is 5.47. The van der Waals surface area contributed by atoms with E-state index in [1.807, 2.05) is 0 Å². The molecule has 1 amide bonds. The smallest absolute Gasteiger partial charge is 0.406 e. The van der Waals surface area contributed by atoms with E-state index in [1.165, 1.54) is 32.8 Å². The third-order valence-electron chi connectivity index (χ3n) is 3.19. The van der Waals surface area contributed by atoms with E-state index < -0.39 is 0 Å². The molecule has 0 aliphatic heterocycles. The van der Waals surface area contributed by atoms with Crippen LogP contribution in [0.5, 0.6) is 0 Å². The first-order valence-corrected chi connectivity index (χ1v) is 5.78. The number of nitrogens with one attached hydrogen (secondary N) is 1. The van der Waals surface area contributed by atoms with Crippen molar-refractivity contribution in [1.29, 1.82) is 0 Å². The summed E-state index contributed by atoms with van der Waals surface area (Å²) >= 11 is 0. The van der Waals surface area contributed by atoms with Crippen molar-refractivity contribution in [2.75, 3.05) is 20.2 Å². The lowest BCUT2D eigenvalue weighted by Gasteiger charge is -2.11. The van der Waals surface area contributed by atoms with Gasteiger partial charge in [-0.1, -0.05) is 6.42 Å². The number of rotatable bonds is 5.